The summed E-state index contributed by atoms with van der Waals surface area (Å²) in [7, 11) is 1.76. The van der Waals surface area contributed by atoms with Crippen LogP contribution in [0.4, 0.5) is 0 Å². The van der Waals surface area contributed by atoms with Gasteiger partial charge < -0.3 is 24.8 Å². The van der Waals surface area contributed by atoms with Gasteiger partial charge in [-0.15, -0.1) is 24.0 Å². The van der Waals surface area contributed by atoms with Crippen LogP contribution >= 0.6 is 35.6 Å². The smallest absolute Gasteiger partial charge is 0.191 e. The number of nitrogens with one attached hydrogen (secondary N) is 2. The summed E-state index contributed by atoms with van der Waals surface area (Å²) in [5.74, 6) is 2.56. The minimum absolute atomic E-state index is 0. The monoisotopic (exact) mass is 511 g/mol. The average molecular weight is 512 g/mol. The number of halogens is 2. The molecule has 6 nitrogen and oxygen atoms in total. The molecular formula is C19H31ClIN3O3. The lowest BCUT2D eigenvalue weighted by Crippen LogP contribution is -2.39. The molecule has 1 aromatic rings. The summed E-state index contributed by atoms with van der Waals surface area (Å²) >= 11 is 6.28. The van der Waals surface area contributed by atoms with Crippen molar-refractivity contribution in [3.8, 4) is 11.5 Å². The van der Waals surface area contributed by atoms with Crippen LogP contribution in [0.3, 0.4) is 0 Å². The molecule has 0 aromatic heterocycles. The maximum Gasteiger partial charge on any atom is 0.191 e. The molecule has 0 radical (unpaired) electrons. The molecule has 1 aromatic carbocycles. The molecular weight excluding hydrogens is 481 g/mol. The van der Waals surface area contributed by atoms with Gasteiger partial charge >= 0.3 is 0 Å². The summed E-state index contributed by atoms with van der Waals surface area (Å²) < 4.78 is 16.9. The largest absolute Gasteiger partial charge is 0.486 e. The van der Waals surface area contributed by atoms with Gasteiger partial charge in [0.1, 0.15) is 13.2 Å². The molecule has 1 aliphatic rings. The Balaban J connectivity index is 0.00000364. The third kappa shape index (κ3) is 7.54. The molecule has 0 fully saturated rings. The van der Waals surface area contributed by atoms with Crippen molar-refractivity contribution in [2.45, 2.75) is 39.8 Å². The Labute approximate surface area is 184 Å². The van der Waals surface area contributed by atoms with Gasteiger partial charge in [0.15, 0.2) is 17.5 Å². The number of benzene rings is 1. The number of nitrogens with zero attached hydrogens (tertiary/aromatic N) is 1. The van der Waals surface area contributed by atoms with Crippen molar-refractivity contribution in [1.29, 1.82) is 0 Å². The number of hydrogen-bond donors (Lipinski definition) is 2. The Hall–Kier alpha value is -0.930. The predicted octanol–water partition coefficient (Wildman–Crippen LogP) is 3.85. The summed E-state index contributed by atoms with van der Waals surface area (Å²) in [4.78, 5) is 4.27. The SMILES string of the molecule is CCOC(CCNC(=NC)NCc1cc(Cl)c2c(c1)OCCO2)C(C)C.I. The van der Waals surface area contributed by atoms with E-state index in [1.807, 2.05) is 19.1 Å². The summed E-state index contributed by atoms with van der Waals surface area (Å²) in [6, 6.07) is 3.84. The summed E-state index contributed by atoms with van der Waals surface area (Å²) in [6.45, 7) is 9.58. The fourth-order valence-corrected chi connectivity index (χ4v) is 3.12. The highest BCUT2D eigenvalue weighted by Gasteiger charge is 2.17. The highest BCUT2D eigenvalue weighted by molar-refractivity contribution is 14.0. The molecule has 1 aliphatic heterocycles. The highest BCUT2D eigenvalue weighted by atomic mass is 127. The zero-order valence-corrected chi connectivity index (χ0v) is 19.6. The normalized spacial score (nSPS) is 14.5. The van der Waals surface area contributed by atoms with Gasteiger partial charge in [-0.2, -0.15) is 0 Å². The zero-order chi connectivity index (χ0) is 18.9. The number of fused-ring (bicyclic) bond motifs is 1. The Kier molecular flexibility index (Phi) is 11.2. The van der Waals surface area contributed by atoms with Gasteiger partial charge in [0.25, 0.3) is 0 Å². The Morgan fingerprint density at radius 2 is 2.00 bits per heavy atom. The fourth-order valence-electron chi connectivity index (χ4n) is 2.83. The molecule has 0 spiro atoms. The molecule has 27 heavy (non-hydrogen) atoms. The molecule has 1 unspecified atom stereocenters. The van der Waals surface area contributed by atoms with Crippen LogP contribution in [0.5, 0.6) is 11.5 Å². The fraction of sp³-hybridized carbons (Fsp3) is 0.632. The van der Waals surface area contributed by atoms with Crippen LogP contribution in [0.25, 0.3) is 0 Å². The third-order valence-corrected chi connectivity index (χ3v) is 4.47. The Morgan fingerprint density at radius 1 is 1.26 bits per heavy atom. The molecule has 154 valence electrons. The third-order valence-electron chi connectivity index (χ3n) is 4.19. The predicted molar refractivity (Wildman–Crippen MR) is 121 cm³/mol. The zero-order valence-electron chi connectivity index (χ0n) is 16.5. The molecule has 8 heteroatoms. The van der Waals surface area contributed by atoms with E-state index in [0.717, 1.165) is 31.1 Å². The first-order valence-electron chi connectivity index (χ1n) is 9.19. The van der Waals surface area contributed by atoms with Crippen molar-refractivity contribution in [3.05, 3.63) is 22.7 Å². The van der Waals surface area contributed by atoms with E-state index in [0.29, 0.717) is 42.2 Å². The van der Waals surface area contributed by atoms with Gasteiger partial charge in [0.05, 0.1) is 11.1 Å². The van der Waals surface area contributed by atoms with Gasteiger partial charge in [-0.3, -0.25) is 4.99 Å². The summed E-state index contributed by atoms with van der Waals surface area (Å²) in [5, 5.41) is 7.20. The van der Waals surface area contributed by atoms with Gasteiger partial charge in [-0.25, -0.2) is 0 Å². The quantitative estimate of drug-likeness (QED) is 0.315. The van der Waals surface area contributed by atoms with Crippen molar-refractivity contribution in [2.24, 2.45) is 10.9 Å². The number of aliphatic imine (C=N–C) groups is 1. The Morgan fingerprint density at radius 3 is 2.67 bits per heavy atom. The van der Waals surface area contributed by atoms with E-state index >= 15 is 0 Å². The standard InChI is InChI=1S/C19H30ClN3O3.HI/c1-5-24-16(13(2)3)6-7-22-19(21-4)23-12-14-10-15(20)18-17(11-14)25-8-9-26-18;/h10-11,13,16H,5-9,12H2,1-4H3,(H2,21,22,23);1H. The maximum absolute atomic E-state index is 6.28. The minimum Gasteiger partial charge on any atom is -0.486 e. The molecule has 0 amide bonds. The second kappa shape index (κ2) is 12.5. The van der Waals surface area contributed by atoms with E-state index in [1.165, 1.54) is 0 Å². The van der Waals surface area contributed by atoms with Gasteiger partial charge in [0.2, 0.25) is 0 Å². The van der Waals surface area contributed by atoms with Crippen molar-refractivity contribution in [2.75, 3.05) is 33.4 Å². The molecule has 0 aliphatic carbocycles. The topological polar surface area (TPSA) is 64.1 Å². The van der Waals surface area contributed by atoms with E-state index in [9.17, 15) is 0 Å². The van der Waals surface area contributed by atoms with E-state index in [4.69, 9.17) is 25.8 Å². The summed E-state index contributed by atoms with van der Waals surface area (Å²) in [5.41, 5.74) is 1.01. The van der Waals surface area contributed by atoms with Crippen LogP contribution in [0.2, 0.25) is 5.02 Å². The van der Waals surface area contributed by atoms with E-state index in [-0.39, 0.29) is 30.1 Å². The highest BCUT2D eigenvalue weighted by Crippen LogP contribution is 2.38. The number of guanidine groups is 1. The van der Waals surface area contributed by atoms with Crippen LogP contribution in [0.1, 0.15) is 32.8 Å². The van der Waals surface area contributed by atoms with Crippen molar-refractivity contribution in [3.63, 3.8) is 0 Å². The van der Waals surface area contributed by atoms with Crippen LogP contribution in [-0.2, 0) is 11.3 Å². The molecule has 1 heterocycles. The molecule has 0 bridgehead atoms. The lowest BCUT2D eigenvalue weighted by molar-refractivity contribution is 0.0258. The van der Waals surface area contributed by atoms with Gasteiger partial charge in [-0.1, -0.05) is 25.4 Å². The summed E-state index contributed by atoms with van der Waals surface area (Å²) in [6.07, 6.45) is 1.18. The molecule has 0 saturated heterocycles. The number of ether oxygens (including phenoxy) is 3. The molecule has 2 rings (SSSR count). The first-order valence-corrected chi connectivity index (χ1v) is 9.57. The molecule has 0 saturated carbocycles. The van der Waals surface area contributed by atoms with Crippen molar-refractivity contribution >= 4 is 41.5 Å². The van der Waals surface area contributed by atoms with Crippen LogP contribution in [-0.4, -0.2) is 45.5 Å². The van der Waals surface area contributed by atoms with Crippen molar-refractivity contribution < 1.29 is 14.2 Å². The van der Waals surface area contributed by atoms with Crippen molar-refractivity contribution in [1.82, 2.24) is 10.6 Å². The number of hydrogen-bond acceptors (Lipinski definition) is 4. The maximum atomic E-state index is 6.28. The van der Waals surface area contributed by atoms with Crippen LogP contribution in [0.15, 0.2) is 17.1 Å². The Bertz CT molecular complexity index is 614. The lowest BCUT2D eigenvalue weighted by Gasteiger charge is -2.22. The molecule has 2 N–H and O–H groups in total. The molecule has 1 atom stereocenters. The first-order chi connectivity index (χ1) is 12.5. The van der Waals surface area contributed by atoms with Crippen LogP contribution < -0.4 is 20.1 Å². The number of rotatable bonds is 8. The minimum atomic E-state index is 0. The van der Waals surface area contributed by atoms with E-state index in [2.05, 4.69) is 29.5 Å². The first kappa shape index (κ1) is 24.1. The van der Waals surface area contributed by atoms with Gasteiger partial charge in [-0.05, 0) is 37.0 Å². The van der Waals surface area contributed by atoms with Gasteiger partial charge in [0, 0.05) is 26.7 Å². The second-order valence-corrected chi connectivity index (χ2v) is 6.89. The average Bonchev–Trinajstić information content (AvgIpc) is 2.63. The van der Waals surface area contributed by atoms with E-state index in [1.54, 1.807) is 7.05 Å². The van der Waals surface area contributed by atoms with Crippen LogP contribution in [0, 0.1) is 5.92 Å². The lowest BCUT2D eigenvalue weighted by atomic mass is 10.0. The van der Waals surface area contributed by atoms with E-state index < -0.39 is 0 Å². The second-order valence-electron chi connectivity index (χ2n) is 6.48.